The van der Waals surface area contributed by atoms with Crippen LogP contribution >= 0.6 is 0 Å². The second-order valence-electron chi connectivity index (χ2n) is 8.26. The zero-order chi connectivity index (χ0) is 20.7. The van der Waals surface area contributed by atoms with E-state index in [2.05, 4.69) is 31.1 Å². The Balaban J connectivity index is 4.17. The summed E-state index contributed by atoms with van der Waals surface area (Å²) in [5.41, 5.74) is 0. The Morgan fingerprint density at radius 3 is 2.00 bits per heavy atom. The monoisotopic (exact) mass is 382 g/mol. The van der Waals surface area contributed by atoms with Crippen molar-refractivity contribution in [2.24, 2.45) is 11.8 Å². The molecule has 0 aromatic rings. The van der Waals surface area contributed by atoms with E-state index in [0.717, 1.165) is 25.8 Å². The highest BCUT2D eigenvalue weighted by molar-refractivity contribution is 5.87. The van der Waals surface area contributed by atoms with Crippen LogP contribution in [0.15, 0.2) is 12.7 Å². The van der Waals surface area contributed by atoms with Gasteiger partial charge < -0.3 is 15.7 Å². The lowest BCUT2D eigenvalue weighted by molar-refractivity contribution is -0.143. The molecule has 0 fully saturated rings. The number of aliphatic carboxylic acids is 1. The van der Waals surface area contributed by atoms with Crippen molar-refractivity contribution < 1.29 is 14.7 Å². The van der Waals surface area contributed by atoms with E-state index >= 15 is 0 Å². The van der Waals surface area contributed by atoms with E-state index in [1.807, 2.05) is 6.08 Å². The van der Waals surface area contributed by atoms with Crippen LogP contribution in [0.3, 0.4) is 0 Å². The Labute approximate surface area is 166 Å². The molecule has 1 amide bonds. The summed E-state index contributed by atoms with van der Waals surface area (Å²) in [4.78, 5) is 23.9. The number of nitrogens with one attached hydrogen (secondary N) is 2. The number of carbonyl (C=O) groups excluding carboxylic acids is 1. The first-order chi connectivity index (χ1) is 12.8. The van der Waals surface area contributed by atoms with Gasteiger partial charge in [0.1, 0.15) is 6.04 Å². The summed E-state index contributed by atoms with van der Waals surface area (Å²) >= 11 is 0. The zero-order valence-corrected chi connectivity index (χ0v) is 17.9. The summed E-state index contributed by atoms with van der Waals surface area (Å²) in [6.45, 7) is 12.3. The van der Waals surface area contributed by atoms with Crippen LogP contribution in [-0.2, 0) is 9.59 Å². The van der Waals surface area contributed by atoms with Crippen LogP contribution in [0.25, 0.3) is 0 Å². The van der Waals surface area contributed by atoms with Crippen molar-refractivity contribution in [1.82, 2.24) is 10.6 Å². The van der Waals surface area contributed by atoms with E-state index in [4.69, 9.17) is 0 Å². The molecule has 3 N–H and O–H groups in total. The van der Waals surface area contributed by atoms with Gasteiger partial charge in [0.2, 0.25) is 5.91 Å². The van der Waals surface area contributed by atoms with Gasteiger partial charge in [-0.15, -0.1) is 6.58 Å². The maximum absolute atomic E-state index is 12.5. The fourth-order valence-corrected chi connectivity index (χ4v) is 3.10. The zero-order valence-electron chi connectivity index (χ0n) is 17.9. The molecule has 0 aliphatic rings. The molecule has 0 aliphatic carbocycles. The van der Waals surface area contributed by atoms with E-state index in [-0.39, 0.29) is 17.9 Å². The fraction of sp³-hybridized carbons (Fsp3) is 0.818. The highest BCUT2D eigenvalue weighted by Crippen LogP contribution is 2.10. The maximum atomic E-state index is 12.5. The first-order valence-corrected chi connectivity index (χ1v) is 10.7. The second-order valence-corrected chi connectivity index (χ2v) is 8.26. The van der Waals surface area contributed by atoms with Crippen molar-refractivity contribution >= 4 is 11.9 Å². The second kappa shape index (κ2) is 15.7. The van der Waals surface area contributed by atoms with Crippen molar-refractivity contribution in [1.29, 1.82) is 0 Å². The highest BCUT2D eigenvalue weighted by atomic mass is 16.4. The van der Waals surface area contributed by atoms with Crippen molar-refractivity contribution in [3.63, 3.8) is 0 Å². The lowest BCUT2D eigenvalue weighted by Gasteiger charge is -2.24. The van der Waals surface area contributed by atoms with Crippen LogP contribution in [-0.4, -0.2) is 35.6 Å². The van der Waals surface area contributed by atoms with Crippen molar-refractivity contribution in [3.05, 3.63) is 12.7 Å². The summed E-state index contributed by atoms with van der Waals surface area (Å²) in [5.74, 6) is -0.953. The minimum atomic E-state index is -0.977. The molecule has 0 unspecified atom stereocenters. The number of carbonyl (C=O) groups is 2. The van der Waals surface area contributed by atoms with Crippen LogP contribution in [0.5, 0.6) is 0 Å². The Bertz CT molecular complexity index is 422. The number of unbranched alkanes of at least 4 members (excludes halogenated alkanes) is 7. The first kappa shape index (κ1) is 25.6. The average Bonchev–Trinajstić information content (AvgIpc) is 2.59. The Kier molecular flexibility index (Phi) is 14.9. The third-order valence-corrected chi connectivity index (χ3v) is 4.73. The molecule has 0 aliphatic heterocycles. The Hall–Kier alpha value is -1.36. The summed E-state index contributed by atoms with van der Waals surface area (Å²) in [7, 11) is 0. The lowest BCUT2D eigenvalue weighted by Crippen LogP contribution is -2.52. The van der Waals surface area contributed by atoms with Crippen molar-refractivity contribution in [2.45, 2.75) is 97.6 Å². The van der Waals surface area contributed by atoms with Crippen molar-refractivity contribution in [3.8, 4) is 0 Å². The van der Waals surface area contributed by atoms with E-state index in [0.29, 0.717) is 12.3 Å². The third kappa shape index (κ3) is 13.5. The molecule has 0 spiro atoms. The van der Waals surface area contributed by atoms with Gasteiger partial charge in [-0.2, -0.15) is 0 Å². The molecule has 5 heteroatoms. The SMILES string of the molecule is C=CCCCCCCCCCN[C@H](CC(C)C)C(=O)N[C@@H](C(=O)O)C(C)C. The molecule has 0 bridgehead atoms. The minimum Gasteiger partial charge on any atom is -0.480 e. The Morgan fingerprint density at radius 2 is 1.52 bits per heavy atom. The predicted octanol–water partition coefficient (Wildman–Crippen LogP) is 4.52. The van der Waals surface area contributed by atoms with E-state index in [1.54, 1.807) is 13.8 Å². The maximum Gasteiger partial charge on any atom is 0.326 e. The molecule has 0 saturated heterocycles. The average molecular weight is 383 g/mol. The fourth-order valence-electron chi connectivity index (χ4n) is 3.10. The largest absolute Gasteiger partial charge is 0.480 e. The van der Waals surface area contributed by atoms with Gasteiger partial charge in [-0.1, -0.05) is 65.9 Å². The highest BCUT2D eigenvalue weighted by Gasteiger charge is 2.27. The number of amides is 1. The number of carboxylic acids is 1. The molecule has 0 saturated carbocycles. The molecule has 0 aromatic heterocycles. The summed E-state index contributed by atoms with van der Waals surface area (Å²) in [5, 5.41) is 15.3. The van der Waals surface area contributed by atoms with E-state index in [9.17, 15) is 14.7 Å². The van der Waals surface area contributed by atoms with Crippen LogP contribution in [0, 0.1) is 11.8 Å². The molecule has 158 valence electrons. The van der Waals surface area contributed by atoms with Gasteiger partial charge in [-0.3, -0.25) is 4.79 Å². The van der Waals surface area contributed by atoms with Gasteiger partial charge in [0, 0.05) is 0 Å². The van der Waals surface area contributed by atoms with E-state index in [1.165, 1.54) is 32.1 Å². The number of rotatable bonds is 17. The number of carboxylic acid groups (broad SMARTS) is 1. The van der Waals surface area contributed by atoms with Gasteiger partial charge in [0.25, 0.3) is 0 Å². The molecule has 5 nitrogen and oxygen atoms in total. The molecule has 0 rings (SSSR count). The van der Waals surface area contributed by atoms with Gasteiger partial charge in [0.15, 0.2) is 0 Å². The Morgan fingerprint density at radius 1 is 0.963 bits per heavy atom. The predicted molar refractivity (Wildman–Crippen MR) is 113 cm³/mol. The number of hydrogen-bond donors (Lipinski definition) is 3. The molecular weight excluding hydrogens is 340 g/mol. The molecule has 0 radical (unpaired) electrons. The number of hydrogen-bond acceptors (Lipinski definition) is 3. The normalized spacial score (nSPS) is 13.6. The van der Waals surface area contributed by atoms with Gasteiger partial charge in [0.05, 0.1) is 6.04 Å². The van der Waals surface area contributed by atoms with E-state index < -0.39 is 12.0 Å². The molecule has 0 heterocycles. The minimum absolute atomic E-state index is 0.141. The van der Waals surface area contributed by atoms with Crippen LogP contribution in [0.2, 0.25) is 0 Å². The van der Waals surface area contributed by atoms with Gasteiger partial charge in [-0.05, 0) is 44.1 Å². The lowest BCUT2D eigenvalue weighted by atomic mass is 10.0. The summed E-state index contributed by atoms with van der Waals surface area (Å²) in [6.07, 6.45) is 12.3. The first-order valence-electron chi connectivity index (χ1n) is 10.7. The summed E-state index contributed by atoms with van der Waals surface area (Å²) in [6, 6.07) is -1.17. The smallest absolute Gasteiger partial charge is 0.326 e. The van der Waals surface area contributed by atoms with Crippen LogP contribution in [0.1, 0.15) is 85.5 Å². The quantitative estimate of drug-likeness (QED) is 0.255. The standard InChI is InChI=1S/C22H42N2O3/c1-6-7-8-9-10-11-12-13-14-15-23-19(16-17(2)3)21(25)24-20(18(4)5)22(26)27/h6,17-20,23H,1,7-16H2,2-5H3,(H,24,25)(H,26,27)/t19-,20-/m1/s1. The third-order valence-electron chi connectivity index (χ3n) is 4.73. The van der Waals surface area contributed by atoms with Crippen LogP contribution in [0.4, 0.5) is 0 Å². The number of allylic oxidation sites excluding steroid dienone is 1. The molecule has 2 atom stereocenters. The molecular formula is C22H42N2O3. The topological polar surface area (TPSA) is 78.4 Å². The molecule has 0 aromatic carbocycles. The van der Waals surface area contributed by atoms with Gasteiger partial charge in [-0.25, -0.2) is 4.79 Å². The van der Waals surface area contributed by atoms with Crippen molar-refractivity contribution in [2.75, 3.05) is 6.54 Å². The molecule has 27 heavy (non-hydrogen) atoms. The van der Waals surface area contributed by atoms with Gasteiger partial charge >= 0.3 is 5.97 Å². The summed E-state index contributed by atoms with van der Waals surface area (Å²) < 4.78 is 0. The van der Waals surface area contributed by atoms with Crippen LogP contribution < -0.4 is 10.6 Å².